The first-order valence-corrected chi connectivity index (χ1v) is 7.85. The Morgan fingerprint density at radius 1 is 1.35 bits per heavy atom. The number of hydrogen-bond acceptors (Lipinski definition) is 5. The van der Waals surface area contributed by atoms with Gasteiger partial charge in [-0.25, -0.2) is 9.37 Å². The van der Waals surface area contributed by atoms with Gasteiger partial charge >= 0.3 is 0 Å². The second kappa shape index (κ2) is 6.23. The molecule has 3 heterocycles. The summed E-state index contributed by atoms with van der Waals surface area (Å²) in [7, 11) is 0. The first-order valence-electron chi connectivity index (χ1n) is 7.85. The standard InChI is InChI=1S/C16H20FN3O3/c17-16(10-21)5-7-20(8-6-16)13-3-1-11(9-18-13)12-2-4-14(22)19-15(12)23/h1,3,9,12,21H,2,4-8,10H2,(H,19,22,23)/t12-/m1/s1. The number of aliphatic hydroxyl groups excluding tert-OH is 1. The zero-order valence-corrected chi connectivity index (χ0v) is 12.8. The van der Waals surface area contributed by atoms with Gasteiger partial charge in [0.15, 0.2) is 0 Å². The average Bonchev–Trinajstić information content (AvgIpc) is 2.56. The maximum Gasteiger partial charge on any atom is 0.234 e. The molecule has 3 rings (SSSR count). The van der Waals surface area contributed by atoms with E-state index in [4.69, 9.17) is 5.11 Å². The molecule has 1 aromatic heterocycles. The molecule has 2 N–H and O–H groups in total. The summed E-state index contributed by atoms with van der Waals surface area (Å²) in [4.78, 5) is 29.4. The van der Waals surface area contributed by atoms with E-state index in [1.165, 1.54) is 0 Å². The van der Waals surface area contributed by atoms with Crippen LogP contribution < -0.4 is 10.2 Å². The Labute approximate surface area is 133 Å². The fourth-order valence-corrected chi connectivity index (χ4v) is 3.10. The maximum atomic E-state index is 14.0. The third-order valence-electron chi connectivity index (χ3n) is 4.68. The number of nitrogens with zero attached hydrogens (tertiary/aromatic N) is 2. The van der Waals surface area contributed by atoms with Crippen LogP contribution in [0.4, 0.5) is 10.2 Å². The second-order valence-corrected chi connectivity index (χ2v) is 6.25. The molecule has 0 aliphatic carbocycles. The molecule has 7 heteroatoms. The van der Waals surface area contributed by atoms with Crippen molar-refractivity contribution in [3.8, 4) is 0 Å². The van der Waals surface area contributed by atoms with Gasteiger partial charge < -0.3 is 10.0 Å². The molecular formula is C16H20FN3O3. The number of nitrogens with one attached hydrogen (secondary N) is 1. The zero-order valence-electron chi connectivity index (χ0n) is 12.8. The Kier molecular flexibility index (Phi) is 4.30. The van der Waals surface area contributed by atoms with Crippen LogP contribution in [-0.4, -0.2) is 47.3 Å². The molecule has 2 aliphatic heterocycles. The van der Waals surface area contributed by atoms with E-state index in [1.807, 2.05) is 17.0 Å². The summed E-state index contributed by atoms with van der Waals surface area (Å²) in [6.07, 6.45) is 3.04. The molecule has 0 saturated carbocycles. The maximum absolute atomic E-state index is 14.0. The Hall–Kier alpha value is -2.02. The molecule has 0 spiro atoms. The lowest BCUT2D eigenvalue weighted by Gasteiger charge is -2.36. The number of halogens is 1. The summed E-state index contributed by atoms with van der Waals surface area (Å²) in [5.41, 5.74) is -0.700. The Balaban J connectivity index is 1.66. The van der Waals surface area contributed by atoms with Crippen LogP contribution in [0.3, 0.4) is 0 Å². The van der Waals surface area contributed by atoms with Gasteiger partial charge in [0.05, 0.1) is 12.5 Å². The quantitative estimate of drug-likeness (QED) is 0.809. The lowest BCUT2D eigenvalue weighted by Crippen LogP contribution is -2.44. The molecule has 0 aromatic carbocycles. The summed E-state index contributed by atoms with van der Waals surface area (Å²) in [5, 5.41) is 11.4. The number of rotatable bonds is 3. The minimum atomic E-state index is -1.48. The molecular weight excluding hydrogens is 301 g/mol. The van der Waals surface area contributed by atoms with Gasteiger partial charge in [0.25, 0.3) is 0 Å². The highest BCUT2D eigenvalue weighted by Gasteiger charge is 2.34. The molecule has 1 aromatic rings. The summed E-state index contributed by atoms with van der Waals surface area (Å²) >= 11 is 0. The van der Waals surface area contributed by atoms with E-state index in [0.29, 0.717) is 25.9 Å². The number of hydrogen-bond donors (Lipinski definition) is 2. The molecule has 2 saturated heterocycles. The summed E-state index contributed by atoms with van der Waals surface area (Å²) in [6, 6.07) is 3.66. The van der Waals surface area contributed by atoms with Crippen molar-refractivity contribution in [3.05, 3.63) is 23.9 Å². The van der Waals surface area contributed by atoms with Crippen LogP contribution in [0.5, 0.6) is 0 Å². The fourth-order valence-electron chi connectivity index (χ4n) is 3.10. The number of piperidine rings is 2. The summed E-state index contributed by atoms with van der Waals surface area (Å²) in [6.45, 7) is 0.562. The molecule has 2 fully saturated rings. The number of anilines is 1. The number of carbonyl (C=O) groups excluding carboxylic acids is 2. The van der Waals surface area contributed by atoms with Gasteiger partial charge in [-0.15, -0.1) is 0 Å². The number of aliphatic hydroxyl groups is 1. The predicted octanol–water partition coefficient (Wildman–Crippen LogP) is 0.903. The molecule has 23 heavy (non-hydrogen) atoms. The van der Waals surface area contributed by atoms with Crippen LogP contribution in [0.15, 0.2) is 18.3 Å². The Morgan fingerprint density at radius 3 is 2.65 bits per heavy atom. The van der Waals surface area contributed by atoms with Crippen molar-refractivity contribution < 1.29 is 19.1 Å². The molecule has 2 aliphatic rings. The number of carbonyl (C=O) groups is 2. The van der Waals surface area contributed by atoms with E-state index in [9.17, 15) is 14.0 Å². The van der Waals surface area contributed by atoms with Crippen molar-refractivity contribution in [2.45, 2.75) is 37.3 Å². The van der Waals surface area contributed by atoms with Gasteiger partial charge in [-0.1, -0.05) is 6.07 Å². The Morgan fingerprint density at radius 2 is 2.09 bits per heavy atom. The summed E-state index contributed by atoms with van der Waals surface area (Å²) in [5.74, 6) is -0.119. The number of alkyl halides is 1. The van der Waals surface area contributed by atoms with Crippen molar-refractivity contribution in [1.82, 2.24) is 10.3 Å². The lowest BCUT2D eigenvalue weighted by atomic mass is 9.91. The van der Waals surface area contributed by atoms with Crippen LogP contribution in [0, 0.1) is 0 Å². The minimum Gasteiger partial charge on any atom is -0.393 e. The highest BCUT2D eigenvalue weighted by molar-refractivity contribution is 6.00. The first kappa shape index (κ1) is 15.9. The minimum absolute atomic E-state index is 0.234. The SMILES string of the molecule is O=C1CC[C@H](c2ccc(N3CCC(F)(CO)CC3)nc2)C(=O)N1. The van der Waals surface area contributed by atoms with Crippen LogP contribution in [0.2, 0.25) is 0 Å². The molecule has 2 amide bonds. The van der Waals surface area contributed by atoms with Crippen molar-refractivity contribution in [3.63, 3.8) is 0 Å². The van der Waals surface area contributed by atoms with E-state index in [-0.39, 0.29) is 30.6 Å². The van der Waals surface area contributed by atoms with Crippen molar-refractivity contribution in [2.24, 2.45) is 0 Å². The van der Waals surface area contributed by atoms with Crippen LogP contribution in [0.1, 0.15) is 37.2 Å². The van der Waals surface area contributed by atoms with Gasteiger partial charge in [-0.3, -0.25) is 14.9 Å². The molecule has 1 atom stereocenters. The van der Waals surface area contributed by atoms with Crippen LogP contribution in [0.25, 0.3) is 0 Å². The van der Waals surface area contributed by atoms with Crippen LogP contribution in [-0.2, 0) is 9.59 Å². The van der Waals surface area contributed by atoms with E-state index in [1.54, 1.807) is 6.20 Å². The van der Waals surface area contributed by atoms with E-state index in [2.05, 4.69) is 10.3 Å². The van der Waals surface area contributed by atoms with E-state index >= 15 is 0 Å². The van der Waals surface area contributed by atoms with Gasteiger partial charge in [0.1, 0.15) is 11.5 Å². The highest BCUT2D eigenvalue weighted by atomic mass is 19.1. The van der Waals surface area contributed by atoms with Crippen molar-refractivity contribution in [1.29, 1.82) is 0 Å². The van der Waals surface area contributed by atoms with Gasteiger partial charge in [-0.05, 0) is 18.1 Å². The monoisotopic (exact) mass is 321 g/mol. The third-order valence-corrected chi connectivity index (χ3v) is 4.68. The molecule has 0 radical (unpaired) electrons. The third kappa shape index (κ3) is 3.34. The van der Waals surface area contributed by atoms with Gasteiger partial charge in [0.2, 0.25) is 11.8 Å². The van der Waals surface area contributed by atoms with Gasteiger partial charge in [-0.2, -0.15) is 0 Å². The van der Waals surface area contributed by atoms with E-state index < -0.39 is 12.3 Å². The number of imide groups is 1. The lowest BCUT2D eigenvalue weighted by molar-refractivity contribution is -0.134. The normalized spacial score (nSPS) is 24.4. The Bertz CT molecular complexity index is 597. The molecule has 124 valence electrons. The van der Waals surface area contributed by atoms with E-state index in [0.717, 1.165) is 11.4 Å². The zero-order chi connectivity index (χ0) is 16.4. The van der Waals surface area contributed by atoms with Crippen LogP contribution >= 0.6 is 0 Å². The molecule has 6 nitrogen and oxygen atoms in total. The largest absolute Gasteiger partial charge is 0.393 e. The highest BCUT2D eigenvalue weighted by Crippen LogP contribution is 2.29. The second-order valence-electron chi connectivity index (χ2n) is 6.25. The first-order chi connectivity index (χ1) is 11.0. The smallest absolute Gasteiger partial charge is 0.234 e. The fraction of sp³-hybridized carbons (Fsp3) is 0.562. The number of pyridine rings is 1. The van der Waals surface area contributed by atoms with Gasteiger partial charge in [0, 0.05) is 38.5 Å². The summed E-state index contributed by atoms with van der Waals surface area (Å²) < 4.78 is 14.0. The number of amides is 2. The topological polar surface area (TPSA) is 82.5 Å². The molecule has 0 unspecified atom stereocenters. The average molecular weight is 321 g/mol. The van der Waals surface area contributed by atoms with Crippen molar-refractivity contribution in [2.75, 3.05) is 24.6 Å². The predicted molar refractivity (Wildman–Crippen MR) is 81.7 cm³/mol. The number of aromatic nitrogens is 1. The molecule has 0 bridgehead atoms. The van der Waals surface area contributed by atoms with Crippen molar-refractivity contribution >= 4 is 17.6 Å².